The summed E-state index contributed by atoms with van der Waals surface area (Å²) in [4.78, 5) is 16.3. The molecule has 1 heterocycles. The Morgan fingerprint density at radius 2 is 1.54 bits per heavy atom. The molecule has 24 heavy (non-hydrogen) atoms. The van der Waals surface area contributed by atoms with Gasteiger partial charge in [-0.1, -0.05) is 60.7 Å². The number of hydrogen-bond donors (Lipinski definition) is 1. The van der Waals surface area contributed by atoms with Crippen molar-refractivity contribution < 1.29 is 4.79 Å². The molecule has 0 spiro atoms. The van der Waals surface area contributed by atoms with Crippen LogP contribution in [-0.4, -0.2) is 16.6 Å². The van der Waals surface area contributed by atoms with Crippen molar-refractivity contribution in [2.45, 2.75) is 6.42 Å². The Morgan fingerprint density at radius 1 is 0.875 bits per heavy atom. The van der Waals surface area contributed by atoms with E-state index in [1.165, 1.54) is 0 Å². The van der Waals surface area contributed by atoms with E-state index in [9.17, 15) is 4.79 Å². The lowest BCUT2D eigenvalue weighted by Gasteiger charge is -2.07. The Morgan fingerprint density at radius 3 is 2.21 bits per heavy atom. The smallest absolute Gasteiger partial charge is 0.244 e. The van der Waals surface area contributed by atoms with Crippen molar-refractivity contribution in [3.05, 3.63) is 102 Å². The van der Waals surface area contributed by atoms with E-state index in [1.807, 2.05) is 72.8 Å². The minimum Gasteiger partial charge on any atom is -0.273 e. The minimum atomic E-state index is -0.154. The third-order valence-corrected chi connectivity index (χ3v) is 3.48. The van der Waals surface area contributed by atoms with Crippen molar-refractivity contribution in [3.63, 3.8) is 0 Å². The van der Waals surface area contributed by atoms with Gasteiger partial charge < -0.3 is 0 Å². The number of rotatable bonds is 5. The fraction of sp³-hybridized carbons (Fsp3) is 0.0500. The van der Waals surface area contributed by atoms with Gasteiger partial charge in [0.05, 0.1) is 12.1 Å². The normalized spacial score (nSPS) is 11.1. The first-order valence-corrected chi connectivity index (χ1v) is 7.69. The highest BCUT2D eigenvalue weighted by Gasteiger charge is 2.08. The van der Waals surface area contributed by atoms with Gasteiger partial charge in [0.15, 0.2) is 0 Å². The first kappa shape index (κ1) is 15.6. The Kier molecular flexibility index (Phi) is 5.10. The van der Waals surface area contributed by atoms with Crippen molar-refractivity contribution in [3.8, 4) is 0 Å². The third-order valence-electron chi connectivity index (χ3n) is 3.48. The number of hydrogen-bond acceptors (Lipinski definition) is 3. The maximum absolute atomic E-state index is 12.1. The number of hydrazone groups is 1. The summed E-state index contributed by atoms with van der Waals surface area (Å²) in [6.45, 7) is 0. The van der Waals surface area contributed by atoms with E-state index in [2.05, 4.69) is 15.5 Å². The van der Waals surface area contributed by atoms with Crippen LogP contribution in [0.1, 0.15) is 16.7 Å². The van der Waals surface area contributed by atoms with E-state index in [1.54, 1.807) is 12.4 Å². The lowest BCUT2D eigenvalue weighted by atomic mass is 10.0. The van der Waals surface area contributed by atoms with Crippen molar-refractivity contribution in [2.24, 2.45) is 5.10 Å². The fourth-order valence-corrected chi connectivity index (χ4v) is 2.33. The predicted molar refractivity (Wildman–Crippen MR) is 94.6 cm³/mol. The number of nitrogens with one attached hydrogen (secondary N) is 1. The van der Waals surface area contributed by atoms with Crippen LogP contribution >= 0.6 is 0 Å². The molecule has 0 bridgehead atoms. The molecule has 0 atom stereocenters. The van der Waals surface area contributed by atoms with Gasteiger partial charge in [-0.05, 0) is 17.7 Å². The summed E-state index contributed by atoms with van der Waals surface area (Å²) in [6, 6.07) is 23.1. The average Bonchev–Trinajstić information content (AvgIpc) is 2.64. The fourth-order valence-electron chi connectivity index (χ4n) is 2.33. The van der Waals surface area contributed by atoms with E-state index in [4.69, 9.17) is 0 Å². The number of pyridine rings is 1. The molecule has 3 rings (SSSR count). The van der Waals surface area contributed by atoms with E-state index < -0.39 is 0 Å². The van der Waals surface area contributed by atoms with E-state index in [0.29, 0.717) is 12.1 Å². The molecule has 4 heteroatoms. The molecular formula is C20H17N3O. The highest BCUT2D eigenvalue weighted by atomic mass is 16.2. The standard InChI is InChI=1S/C20H17N3O/c24-19(14-16-8-3-1-4-9-16)22-23-20(17-10-5-2-6-11-17)18-12-7-13-21-15-18/h1-13,15H,14H2,(H,22,24). The molecule has 0 unspecified atom stereocenters. The third kappa shape index (κ3) is 4.14. The number of carbonyl (C=O) groups is 1. The van der Waals surface area contributed by atoms with Crippen LogP contribution in [0.15, 0.2) is 90.3 Å². The molecule has 1 N–H and O–H groups in total. The number of nitrogens with zero attached hydrogens (tertiary/aromatic N) is 2. The Hall–Kier alpha value is -3.27. The molecule has 0 aliphatic heterocycles. The molecule has 3 aromatic rings. The van der Waals surface area contributed by atoms with Crippen LogP contribution in [0.3, 0.4) is 0 Å². The maximum Gasteiger partial charge on any atom is 0.244 e. The quantitative estimate of drug-likeness (QED) is 0.581. The number of amides is 1. The molecule has 0 fully saturated rings. The van der Waals surface area contributed by atoms with Crippen molar-refractivity contribution in [1.82, 2.24) is 10.4 Å². The van der Waals surface area contributed by atoms with Gasteiger partial charge in [0.2, 0.25) is 5.91 Å². The minimum absolute atomic E-state index is 0.154. The van der Waals surface area contributed by atoms with Crippen LogP contribution in [0.5, 0.6) is 0 Å². The van der Waals surface area contributed by atoms with Crippen LogP contribution in [-0.2, 0) is 11.2 Å². The summed E-state index contributed by atoms with van der Waals surface area (Å²) < 4.78 is 0. The molecule has 1 amide bonds. The largest absolute Gasteiger partial charge is 0.273 e. The van der Waals surface area contributed by atoms with Crippen LogP contribution < -0.4 is 5.43 Å². The summed E-state index contributed by atoms with van der Waals surface area (Å²) in [5, 5.41) is 4.34. The number of carbonyl (C=O) groups excluding carboxylic acids is 1. The summed E-state index contributed by atoms with van der Waals surface area (Å²) in [5.74, 6) is -0.154. The number of aromatic nitrogens is 1. The van der Waals surface area contributed by atoms with Crippen molar-refractivity contribution in [2.75, 3.05) is 0 Å². The molecule has 118 valence electrons. The Balaban J connectivity index is 1.81. The maximum atomic E-state index is 12.1. The van der Waals surface area contributed by atoms with Crippen LogP contribution in [0.25, 0.3) is 0 Å². The van der Waals surface area contributed by atoms with E-state index in [-0.39, 0.29) is 5.91 Å². The van der Waals surface area contributed by atoms with Crippen LogP contribution in [0.4, 0.5) is 0 Å². The van der Waals surface area contributed by atoms with Gasteiger partial charge in [0, 0.05) is 23.5 Å². The van der Waals surface area contributed by atoms with Gasteiger partial charge in [-0.2, -0.15) is 5.10 Å². The molecule has 0 saturated carbocycles. The van der Waals surface area contributed by atoms with Crippen LogP contribution in [0, 0.1) is 0 Å². The lowest BCUT2D eigenvalue weighted by Crippen LogP contribution is -2.22. The first-order chi connectivity index (χ1) is 11.8. The monoisotopic (exact) mass is 315 g/mol. The molecule has 4 nitrogen and oxygen atoms in total. The van der Waals surface area contributed by atoms with Crippen LogP contribution in [0.2, 0.25) is 0 Å². The second-order valence-corrected chi connectivity index (χ2v) is 5.27. The van der Waals surface area contributed by atoms with Gasteiger partial charge in [0.25, 0.3) is 0 Å². The SMILES string of the molecule is O=C(Cc1ccccc1)NN=C(c1ccccc1)c1cccnc1. The van der Waals surface area contributed by atoms with Gasteiger partial charge in [-0.25, -0.2) is 5.43 Å². The van der Waals surface area contributed by atoms with Gasteiger partial charge >= 0.3 is 0 Å². The summed E-state index contributed by atoms with van der Waals surface area (Å²) in [6.07, 6.45) is 3.73. The highest BCUT2D eigenvalue weighted by Crippen LogP contribution is 2.09. The molecular weight excluding hydrogens is 298 g/mol. The topological polar surface area (TPSA) is 54.4 Å². The molecule has 1 aromatic heterocycles. The van der Waals surface area contributed by atoms with E-state index in [0.717, 1.165) is 16.7 Å². The zero-order chi connectivity index (χ0) is 16.6. The summed E-state index contributed by atoms with van der Waals surface area (Å²) >= 11 is 0. The molecule has 0 aliphatic carbocycles. The zero-order valence-corrected chi connectivity index (χ0v) is 13.1. The lowest BCUT2D eigenvalue weighted by molar-refractivity contribution is -0.120. The van der Waals surface area contributed by atoms with Gasteiger partial charge in [-0.15, -0.1) is 0 Å². The highest BCUT2D eigenvalue weighted by molar-refractivity contribution is 6.12. The zero-order valence-electron chi connectivity index (χ0n) is 13.1. The van der Waals surface area contributed by atoms with Crippen molar-refractivity contribution in [1.29, 1.82) is 0 Å². The summed E-state index contributed by atoms with van der Waals surface area (Å²) in [7, 11) is 0. The summed E-state index contributed by atoms with van der Waals surface area (Å²) in [5.41, 5.74) is 6.06. The Bertz CT molecular complexity index is 774. The van der Waals surface area contributed by atoms with Gasteiger partial charge in [0.1, 0.15) is 0 Å². The second kappa shape index (κ2) is 7.83. The predicted octanol–water partition coefficient (Wildman–Crippen LogP) is 3.19. The first-order valence-electron chi connectivity index (χ1n) is 7.69. The Labute approximate surface area is 140 Å². The van der Waals surface area contributed by atoms with E-state index >= 15 is 0 Å². The number of benzene rings is 2. The molecule has 0 saturated heterocycles. The molecule has 2 aromatic carbocycles. The van der Waals surface area contributed by atoms with Gasteiger partial charge in [-0.3, -0.25) is 9.78 Å². The average molecular weight is 315 g/mol. The molecule has 0 radical (unpaired) electrons. The molecule has 0 aliphatic rings. The second-order valence-electron chi connectivity index (χ2n) is 5.27. The van der Waals surface area contributed by atoms with Crippen molar-refractivity contribution >= 4 is 11.6 Å².